The van der Waals surface area contributed by atoms with Crippen molar-refractivity contribution in [1.29, 1.82) is 0 Å². The summed E-state index contributed by atoms with van der Waals surface area (Å²) in [5.41, 5.74) is 0. The van der Waals surface area contributed by atoms with E-state index in [0.717, 1.165) is 6.42 Å². The van der Waals surface area contributed by atoms with E-state index in [9.17, 15) is 9.90 Å². The van der Waals surface area contributed by atoms with Gasteiger partial charge in [-0.25, -0.2) is 0 Å². The van der Waals surface area contributed by atoms with Crippen LogP contribution in [0.5, 0.6) is 0 Å². The molecule has 0 aromatic heterocycles. The summed E-state index contributed by atoms with van der Waals surface area (Å²) < 4.78 is 0. The molecule has 0 saturated heterocycles. The fourth-order valence-corrected chi connectivity index (χ4v) is 0.904. The van der Waals surface area contributed by atoms with Gasteiger partial charge in [0, 0.05) is 17.8 Å². The van der Waals surface area contributed by atoms with E-state index in [1.807, 2.05) is 19.1 Å². The van der Waals surface area contributed by atoms with Gasteiger partial charge in [0.15, 0.2) is 0 Å². The van der Waals surface area contributed by atoms with Gasteiger partial charge in [-0.15, -0.1) is 11.6 Å². The summed E-state index contributed by atoms with van der Waals surface area (Å²) in [7, 11) is 0. The van der Waals surface area contributed by atoms with Crippen LogP contribution in [0.4, 0.5) is 0 Å². The minimum Gasteiger partial charge on any atom is -0.550 e. The van der Waals surface area contributed by atoms with Crippen molar-refractivity contribution in [3.05, 3.63) is 12.2 Å². The second-order valence-electron chi connectivity index (χ2n) is 2.29. The fraction of sp³-hybridized carbons (Fsp3) is 0.625. The SMILES string of the molecule is CC/C=C/CC(Cl)CC(=O)[O-].[K+]. The summed E-state index contributed by atoms with van der Waals surface area (Å²) in [5, 5.41) is 9.69. The number of alkyl halides is 1. The average molecular weight is 215 g/mol. The molecule has 0 aliphatic carbocycles. The topological polar surface area (TPSA) is 40.1 Å². The number of rotatable bonds is 5. The van der Waals surface area contributed by atoms with Gasteiger partial charge in [0.1, 0.15) is 0 Å². The summed E-state index contributed by atoms with van der Waals surface area (Å²) in [5.74, 6) is -1.09. The third-order valence-electron chi connectivity index (χ3n) is 1.18. The molecule has 0 aliphatic rings. The zero-order valence-electron chi connectivity index (χ0n) is 7.55. The second-order valence-corrected chi connectivity index (χ2v) is 2.91. The molecule has 0 aliphatic heterocycles. The standard InChI is InChI=1S/C8H13ClO2.K/c1-2-3-4-5-7(9)6-8(10)11;/h3-4,7H,2,5-6H2,1H3,(H,10,11);/q;+1/p-1/b4-3+;. The average Bonchev–Trinajstić information content (AvgIpc) is 1.86. The molecule has 0 amide bonds. The first-order valence-corrected chi connectivity index (χ1v) is 4.09. The fourth-order valence-electron chi connectivity index (χ4n) is 0.675. The van der Waals surface area contributed by atoms with E-state index in [0.29, 0.717) is 6.42 Å². The molecule has 0 rings (SSSR count). The Morgan fingerprint density at radius 1 is 1.58 bits per heavy atom. The van der Waals surface area contributed by atoms with Crippen molar-refractivity contribution in [2.24, 2.45) is 0 Å². The normalized spacial score (nSPS) is 12.5. The summed E-state index contributed by atoms with van der Waals surface area (Å²) in [6.45, 7) is 2.01. The molecule has 0 N–H and O–H groups in total. The molecule has 0 fully saturated rings. The van der Waals surface area contributed by atoms with Crippen LogP contribution in [0.15, 0.2) is 12.2 Å². The molecule has 12 heavy (non-hydrogen) atoms. The minimum absolute atomic E-state index is 0. The Kier molecular flexibility index (Phi) is 13.3. The second kappa shape index (κ2) is 10.2. The van der Waals surface area contributed by atoms with Gasteiger partial charge in [-0.2, -0.15) is 0 Å². The molecular weight excluding hydrogens is 203 g/mol. The van der Waals surface area contributed by atoms with Gasteiger partial charge in [-0.3, -0.25) is 0 Å². The van der Waals surface area contributed by atoms with E-state index in [2.05, 4.69) is 0 Å². The van der Waals surface area contributed by atoms with Crippen molar-refractivity contribution >= 4 is 17.6 Å². The molecule has 0 heterocycles. The van der Waals surface area contributed by atoms with Crippen LogP contribution in [-0.2, 0) is 4.79 Å². The molecule has 0 aromatic carbocycles. The van der Waals surface area contributed by atoms with Gasteiger partial charge in [-0.1, -0.05) is 19.1 Å². The number of allylic oxidation sites excluding steroid dienone is 2. The van der Waals surface area contributed by atoms with Crippen molar-refractivity contribution in [2.75, 3.05) is 0 Å². The molecule has 0 spiro atoms. The Hall–Kier alpha value is 1.14. The van der Waals surface area contributed by atoms with Crippen LogP contribution in [0.2, 0.25) is 0 Å². The third kappa shape index (κ3) is 11.1. The molecule has 0 aromatic rings. The molecule has 0 saturated carbocycles. The smallest absolute Gasteiger partial charge is 0.550 e. The molecule has 64 valence electrons. The predicted molar refractivity (Wildman–Crippen MR) is 43.3 cm³/mol. The molecular formula is C8H12ClKO2. The summed E-state index contributed by atoms with van der Waals surface area (Å²) in [6, 6.07) is 0. The first kappa shape index (κ1) is 15.6. The summed E-state index contributed by atoms with van der Waals surface area (Å²) in [6.07, 6.45) is 5.33. The van der Waals surface area contributed by atoms with Gasteiger partial charge in [0.2, 0.25) is 0 Å². The van der Waals surface area contributed by atoms with Crippen LogP contribution in [0.3, 0.4) is 0 Å². The van der Waals surface area contributed by atoms with Crippen LogP contribution in [-0.4, -0.2) is 11.3 Å². The van der Waals surface area contributed by atoms with Crippen molar-refractivity contribution in [3.8, 4) is 0 Å². The molecule has 0 bridgehead atoms. The molecule has 4 heteroatoms. The number of carbonyl (C=O) groups excluding carboxylic acids is 1. The van der Waals surface area contributed by atoms with Gasteiger partial charge < -0.3 is 9.90 Å². The van der Waals surface area contributed by atoms with E-state index in [-0.39, 0.29) is 63.2 Å². The number of aliphatic carboxylic acids is 1. The Bertz CT molecular complexity index is 148. The zero-order chi connectivity index (χ0) is 8.69. The van der Waals surface area contributed by atoms with E-state index >= 15 is 0 Å². The van der Waals surface area contributed by atoms with E-state index < -0.39 is 5.97 Å². The number of hydrogen-bond acceptors (Lipinski definition) is 2. The maximum Gasteiger partial charge on any atom is 1.00 e. The molecule has 2 nitrogen and oxygen atoms in total. The Labute approximate surface area is 121 Å². The maximum absolute atomic E-state index is 10.0. The van der Waals surface area contributed by atoms with Crippen molar-refractivity contribution in [3.63, 3.8) is 0 Å². The molecule has 1 unspecified atom stereocenters. The van der Waals surface area contributed by atoms with Gasteiger partial charge >= 0.3 is 51.4 Å². The monoisotopic (exact) mass is 214 g/mol. The summed E-state index contributed by atoms with van der Waals surface area (Å²) in [4.78, 5) is 10.0. The van der Waals surface area contributed by atoms with E-state index in [1.54, 1.807) is 0 Å². The number of carboxylic acid groups (broad SMARTS) is 1. The van der Waals surface area contributed by atoms with Crippen LogP contribution in [0.1, 0.15) is 26.2 Å². The van der Waals surface area contributed by atoms with Crippen LogP contribution in [0.25, 0.3) is 0 Å². The number of carboxylic acids is 1. The molecule has 1 atom stereocenters. The Balaban J connectivity index is 0. The Morgan fingerprint density at radius 3 is 2.58 bits per heavy atom. The van der Waals surface area contributed by atoms with Gasteiger partial charge in [0.25, 0.3) is 0 Å². The quantitative estimate of drug-likeness (QED) is 0.305. The van der Waals surface area contributed by atoms with Crippen LogP contribution >= 0.6 is 11.6 Å². The number of carbonyl (C=O) groups is 1. The van der Waals surface area contributed by atoms with Crippen molar-refractivity contribution < 1.29 is 61.3 Å². The zero-order valence-corrected chi connectivity index (χ0v) is 11.4. The van der Waals surface area contributed by atoms with Crippen molar-refractivity contribution in [1.82, 2.24) is 0 Å². The van der Waals surface area contributed by atoms with Gasteiger partial charge in [0.05, 0.1) is 0 Å². The van der Waals surface area contributed by atoms with Crippen molar-refractivity contribution in [2.45, 2.75) is 31.6 Å². The third-order valence-corrected chi connectivity index (χ3v) is 1.51. The molecule has 0 radical (unpaired) electrons. The number of hydrogen-bond donors (Lipinski definition) is 0. The number of halogens is 1. The first-order valence-electron chi connectivity index (χ1n) is 3.65. The summed E-state index contributed by atoms with van der Waals surface area (Å²) >= 11 is 5.64. The van der Waals surface area contributed by atoms with Gasteiger partial charge in [-0.05, 0) is 12.8 Å². The largest absolute Gasteiger partial charge is 1.00 e. The maximum atomic E-state index is 10.0. The van der Waals surface area contributed by atoms with Crippen LogP contribution < -0.4 is 56.5 Å². The predicted octanol–water partition coefficient (Wildman–Crippen LogP) is -1.91. The first-order chi connectivity index (χ1) is 5.16. The minimum atomic E-state index is -1.09. The van der Waals surface area contributed by atoms with Crippen LogP contribution in [0, 0.1) is 0 Å². The Morgan fingerprint density at radius 2 is 2.17 bits per heavy atom. The van der Waals surface area contributed by atoms with E-state index in [1.165, 1.54) is 0 Å². The van der Waals surface area contributed by atoms with E-state index in [4.69, 9.17) is 11.6 Å².